The number of nitrogens with zero attached hydrogens (tertiary/aromatic N) is 2. The van der Waals surface area contributed by atoms with E-state index in [-0.39, 0.29) is 11.9 Å². The third-order valence-corrected chi connectivity index (χ3v) is 5.21. The molecule has 5 nitrogen and oxygen atoms in total. The number of para-hydroxylation sites is 1. The van der Waals surface area contributed by atoms with Crippen LogP contribution in [-0.2, 0) is 7.05 Å². The van der Waals surface area contributed by atoms with Crippen molar-refractivity contribution < 1.29 is 9.53 Å². The number of carbonyl (C=O) groups is 1. The lowest BCUT2D eigenvalue weighted by atomic mass is 10.1. The molecule has 26 heavy (non-hydrogen) atoms. The number of nitrogens with one attached hydrogen (secondary N) is 1. The van der Waals surface area contributed by atoms with E-state index in [9.17, 15) is 4.79 Å². The van der Waals surface area contributed by atoms with Gasteiger partial charge in [-0.1, -0.05) is 25.0 Å². The average Bonchev–Trinajstić information content (AvgIpc) is 2.92. The van der Waals surface area contributed by atoms with Gasteiger partial charge in [0.05, 0.1) is 18.7 Å². The first-order valence-corrected chi connectivity index (χ1v) is 9.47. The molecule has 5 heteroatoms. The Balaban J connectivity index is 1.75. The van der Waals surface area contributed by atoms with E-state index in [0.29, 0.717) is 17.9 Å². The molecule has 1 N–H and O–H groups in total. The molecule has 0 spiro atoms. The Labute approximate surface area is 156 Å². The maximum Gasteiger partial charge on any atom is 0.255 e. The second-order valence-corrected chi connectivity index (χ2v) is 6.92. The normalized spacial score (nSPS) is 16.7. The summed E-state index contributed by atoms with van der Waals surface area (Å²) in [5.41, 5.74) is 1.82. The van der Waals surface area contributed by atoms with Crippen molar-refractivity contribution in [3.63, 3.8) is 0 Å². The molecule has 0 radical (unpaired) electrons. The molecule has 1 saturated heterocycles. The van der Waals surface area contributed by atoms with Gasteiger partial charge in [0.15, 0.2) is 0 Å². The molecule has 0 saturated carbocycles. The van der Waals surface area contributed by atoms with Crippen molar-refractivity contribution in [3.05, 3.63) is 53.9 Å². The molecule has 2 heterocycles. The third-order valence-electron chi connectivity index (χ3n) is 5.21. The first kappa shape index (κ1) is 18.5. The number of methoxy groups -OCH3 is 1. The molecule has 1 aliphatic rings. The van der Waals surface area contributed by atoms with Gasteiger partial charge in [-0.3, -0.25) is 9.69 Å². The Morgan fingerprint density at radius 3 is 2.50 bits per heavy atom. The van der Waals surface area contributed by atoms with Gasteiger partial charge in [0.25, 0.3) is 5.91 Å². The largest absolute Gasteiger partial charge is 0.496 e. The van der Waals surface area contributed by atoms with Gasteiger partial charge < -0.3 is 14.6 Å². The van der Waals surface area contributed by atoms with Crippen molar-refractivity contribution in [2.75, 3.05) is 26.7 Å². The van der Waals surface area contributed by atoms with Gasteiger partial charge in [-0.15, -0.1) is 0 Å². The summed E-state index contributed by atoms with van der Waals surface area (Å²) >= 11 is 0. The highest BCUT2D eigenvalue weighted by Crippen LogP contribution is 2.24. The third kappa shape index (κ3) is 4.28. The predicted molar refractivity (Wildman–Crippen MR) is 104 cm³/mol. The van der Waals surface area contributed by atoms with E-state index in [1.165, 1.54) is 31.4 Å². The Bertz CT molecular complexity index is 718. The lowest BCUT2D eigenvalue weighted by Crippen LogP contribution is -2.39. The van der Waals surface area contributed by atoms with E-state index < -0.39 is 0 Å². The van der Waals surface area contributed by atoms with Crippen LogP contribution in [0.5, 0.6) is 5.75 Å². The Morgan fingerprint density at radius 1 is 1.12 bits per heavy atom. The molecule has 0 bridgehead atoms. The number of hydrogen-bond acceptors (Lipinski definition) is 3. The summed E-state index contributed by atoms with van der Waals surface area (Å²) in [5.74, 6) is 0.520. The average molecular weight is 355 g/mol. The molecule has 1 atom stereocenters. The molecule has 1 amide bonds. The van der Waals surface area contributed by atoms with Crippen molar-refractivity contribution in [3.8, 4) is 5.75 Å². The van der Waals surface area contributed by atoms with Gasteiger partial charge in [0.1, 0.15) is 5.75 Å². The number of likely N-dealkylation sites (tertiary alicyclic amines) is 1. The fourth-order valence-corrected chi connectivity index (χ4v) is 3.76. The van der Waals surface area contributed by atoms with Crippen molar-refractivity contribution in [2.24, 2.45) is 7.05 Å². The highest BCUT2D eigenvalue weighted by Gasteiger charge is 2.24. The van der Waals surface area contributed by atoms with Gasteiger partial charge in [0.2, 0.25) is 0 Å². The fourth-order valence-electron chi connectivity index (χ4n) is 3.76. The molecule has 1 unspecified atom stereocenters. The van der Waals surface area contributed by atoms with Crippen LogP contribution in [0.1, 0.15) is 47.8 Å². The number of rotatable bonds is 6. The molecular weight excluding hydrogens is 326 g/mol. The number of carbonyl (C=O) groups excluding carboxylic acids is 1. The molecule has 2 aromatic rings. The Hall–Kier alpha value is -2.27. The Kier molecular flexibility index (Phi) is 6.34. The molecule has 1 aliphatic heterocycles. The van der Waals surface area contributed by atoms with Crippen LogP contribution in [0.4, 0.5) is 0 Å². The zero-order valence-corrected chi connectivity index (χ0v) is 15.8. The molecule has 1 aromatic carbocycles. The van der Waals surface area contributed by atoms with Gasteiger partial charge in [-0.25, -0.2) is 0 Å². The summed E-state index contributed by atoms with van der Waals surface area (Å²) in [7, 11) is 3.66. The summed E-state index contributed by atoms with van der Waals surface area (Å²) < 4.78 is 7.48. The number of amides is 1. The standard InChI is InChI=1S/C21H29N3O2/c1-23-13-9-11-18(23)19(24-14-7-3-4-8-15-24)16-22-21(25)17-10-5-6-12-20(17)26-2/h5-6,9-13,19H,3-4,7-8,14-16H2,1-2H3,(H,22,25). The quantitative estimate of drug-likeness (QED) is 0.864. The summed E-state index contributed by atoms with van der Waals surface area (Å²) in [6, 6.07) is 11.8. The smallest absolute Gasteiger partial charge is 0.255 e. The number of hydrogen-bond donors (Lipinski definition) is 1. The summed E-state index contributed by atoms with van der Waals surface area (Å²) in [5, 5.41) is 3.13. The second-order valence-electron chi connectivity index (χ2n) is 6.92. The van der Waals surface area contributed by atoms with Crippen molar-refractivity contribution >= 4 is 5.91 Å². The minimum atomic E-state index is -0.0866. The van der Waals surface area contributed by atoms with E-state index in [0.717, 1.165) is 13.1 Å². The van der Waals surface area contributed by atoms with Gasteiger partial charge in [-0.05, 0) is 50.2 Å². The predicted octanol–water partition coefficient (Wildman–Crippen LogP) is 3.38. The van der Waals surface area contributed by atoms with Gasteiger partial charge >= 0.3 is 0 Å². The zero-order valence-electron chi connectivity index (χ0n) is 15.8. The van der Waals surface area contributed by atoms with Crippen LogP contribution in [0.15, 0.2) is 42.6 Å². The summed E-state index contributed by atoms with van der Waals surface area (Å²) in [6.45, 7) is 2.76. The van der Waals surface area contributed by atoms with Crippen LogP contribution in [-0.4, -0.2) is 42.1 Å². The molecule has 0 aliphatic carbocycles. The van der Waals surface area contributed by atoms with Crippen molar-refractivity contribution in [2.45, 2.75) is 31.7 Å². The van der Waals surface area contributed by atoms with E-state index in [2.05, 4.69) is 40.2 Å². The van der Waals surface area contributed by atoms with E-state index in [4.69, 9.17) is 4.74 Å². The Morgan fingerprint density at radius 2 is 1.85 bits per heavy atom. The molecule has 1 fully saturated rings. The molecule has 3 rings (SSSR count). The van der Waals surface area contributed by atoms with Crippen LogP contribution in [0.3, 0.4) is 0 Å². The van der Waals surface area contributed by atoms with E-state index >= 15 is 0 Å². The molecular formula is C21H29N3O2. The zero-order chi connectivity index (χ0) is 18.4. The summed E-state index contributed by atoms with van der Waals surface area (Å²) in [4.78, 5) is 15.2. The summed E-state index contributed by atoms with van der Waals surface area (Å²) in [6.07, 6.45) is 7.11. The van der Waals surface area contributed by atoms with Crippen molar-refractivity contribution in [1.29, 1.82) is 0 Å². The van der Waals surface area contributed by atoms with E-state index in [1.807, 2.05) is 18.2 Å². The first-order valence-electron chi connectivity index (χ1n) is 9.47. The van der Waals surface area contributed by atoms with Crippen LogP contribution in [0.25, 0.3) is 0 Å². The highest BCUT2D eigenvalue weighted by molar-refractivity contribution is 5.96. The first-order chi connectivity index (χ1) is 12.7. The van der Waals surface area contributed by atoms with Gasteiger partial charge in [-0.2, -0.15) is 0 Å². The molecule has 1 aromatic heterocycles. The number of benzene rings is 1. The SMILES string of the molecule is COc1ccccc1C(=O)NCC(c1cccn1C)N1CCCCCC1. The lowest BCUT2D eigenvalue weighted by Gasteiger charge is -2.31. The van der Waals surface area contributed by atoms with E-state index in [1.54, 1.807) is 13.2 Å². The van der Waals surface area contributed by atoms with Gasteiger partial charge in [0, 0.05) is 25.5 Å². The fraction of sp³-hybridized carbons (Fsp3) is 0.476. The maximum absolute atomic E-state index is 12.7. The van der Waals surface area contributed by atoms with Crippen LogP contribution < -0.4 is 10.1 Å². The highest BCUT2D eigenvalue weighted by atomic mass is 16.5. The van der Waals surface area contributed by atoms with Crippen LogP contribution in [0.2, 0.25) is 0 Å². The lowest BCUT2D eigenvalue weighted by molar-refractivity contribution is 0.0928. The maximum atomic E-state index is 12.7. The van der Waals surface area contributed by atoms with Crippen LogP contribution in [0, 0.1) is 0 Å². The second kappa shape index (κ2) is 8.90. The number of ether oxygens (including phenoxy) is 1. The number of aromatic nitrogens is 1. The van der Waals surface area contributed by atoms with Crippen LogP contribution >= 0.6 is 0 Å². The van der Waals surface area contributed by atoms with Crippen molar-refractivity contribution in [1.82, 2.24) is 14.8 Å². The molecule has 140 valence electrons. The topological polar surface area (TPSA) is 46.5 Å². The number of aryl methyl sites for hydroxylation is 1. The minimum Gasteiger partial charge on any atom is -0.496 e. The monoisotopic (exact) mass is 355 g/mol. The minimum absolute atomic E-state index is 0.0866.